The fourth-order valence-corrected chi connectivity index (χ4v) is 6.65. The summed E-state index contributed by atoms with van der Waals surface area (Å²) in [5.74, 6) is -0.156. The van der Waals surface area contributed by atoms with Crippen LogP contribution in [0.5, 0.6) is 0 Å². The number of carbonyl (C=O) groups is 1. The van der Waals surface area contributed by atoms with E-state index in [1.54, 1.807) is 0 Å². The molecule has 1 amide bonds. The van der Waals surface area contributed by atoms with Gasteiger partial charge in [-0.1, -0.05) is 192 Å². The first-order valence-corrected chi connectivity index (χ1v) is 21.6. The first-order chi connectivity index (χ1) is 24.1. The lowest BCUT2D eigenvalue weighted by Gasteiger charge is -2.26. The molecule has 0 radical (unpaired) electrons. The van der Waals surface area contributed by atoms with Gasteiger partial charge in [0.05, 0.1) is 18.8 Å². The van der Waals surface area contributed by atoms with Crippen molar-refractivity contribution in [1.82, 2.24) is 5.32 Å². The lowest BCUT2D eigenvalue weighted by atomic mass is 10.0. The van der Waals surface area contributed by atoms with Crippen molar-refractivity contribution in [3.8, 4) is 0 Å². The molecule has 49 heavy (non-hydrogen) atoms. The standard InChI is InChI=1S/C44H85NO4/c1-3-5-7-9-11-13-15-17-19-20-21-22-23-24-25-27-29-31-33-35-37-39-43(48)45-41(40-46)44(49)42(47)38-36-34-32-30-28-26-18-16-14-12-10-8-6-4-2/h16,18,30,32,41-42,44,46-47,49H,3-15,17,19-29,31,33-40H2,1-2H3,(H,45,48)/b18-16+,32-30+. The molecule has 0 rings (SSSR count). The third-order valence-corrected chi connectivity index (χ3v) is 10.0. The lowest BCUT2D eigenvalue weighted by Crippen LogP contribution is -2.50. The second kappa shape index (κ2) is 39.6. The Kier molecular flexibility index (Phi) is 38.7. The first kappa shape index (κ1) is 47.8. The van der Waals surface area contributed by atoms with Gasteiger partial charge in [0.2, 0.25) is 5.91 Å². The summed E-state index contributed by atoms with van der Waals surface area (Å²) in [5, 5.41) is 33.4. The van der Waals surface area contributed by atoms with Crippen LogP contribution in [0.4, 0.5) is 0 Å². The monoisotopic (exact) mass is 692 g/mol. The number of allylic oxidation sites excluding steroid dienone is 4. The number of aliphatic hydroxyl groups is 3. The van der Waals surface area contributed by atoms with E-state index < -0.39 is 18.2 Å². The van der Waals surface area contributed by atoms with Crippen LogP contribution in [0, 0.1) is 0 Å². The molecule has 5 nitrogen and oxygen atoms in total. The van der Waals surface area contributed by atoms with Gasteiger partial charge in [0, 0.05) is 6.42 Å². The summed E-state index contributed by atoms with van der Waals surface area (Å²) >= 11 is 0. The largest absolute Gasteiger partial charge is 0.394 e. The van der Waals surface area contributed by atoms with Crippen molar-refractivity contribution >= 4 is 5.91 Å². The highest BCUT2D eigenvalue weighted by Gasteiger charge is 2.26. The molecule has 0 aliphatic carbocycles. The molecule has 0 fully saturated rings. The van der Waals surface area contributed by atoms with Crippen LogP contribution in [0.3, 0.4) is 0 Å². The van der Waals surface area contributed by atoms with E-state index in [-0.39, 0.29) is 12.5 Å². The fourth-order valence-electron chi connectivity index (χ4n) is 6.65. The van der Waals surface area contributed by atoms with Crippen molar-refractivity contribution in [3.63, 3.8) is 0 Å². The number of unbranched alkanes of at least 4 members (excludes halogenated alkanes) is 27. The van der Waals surface area contributed by atoms with Crippen LogP contribution in [-0.4, -0.2) is 46.1 Å². The Morgan fingerprint density at radius 2 is 0.837 bits per heavy atom. The maximum atomic E-state index is 12.4. The Bertz CT molecular complexity index is 724. The van der Waals surface area contributed by atoms with E-state index in [0.717, 1.165) is 44.9 Å². The molecule has 3 unspecified atom stereocenters. The zero-order valence-corrected chi connectivity index (χ0v) is 32.8. The van der Waals surface area contributed by atoms with Gasteiger partial charge in [-0.05, 0) is 51.4 Å². The average molecular weight is 692 g/mol. The topological polar surface area (TPSA) is 89.8 Å². The summed E-state index contributed by atoms with van der Waals surface area (Å²) in [7, 11) is 0. The summed E-state index contributed by atoms with van der Waals surface area (Å²) in [6.07, 6.45) is 47.2. The molecular weight excluding hydrogens is 606 g/mol. The minimum absolute atomic E-state index is 0.156. The van der Waals surface area contributed by atoms with Crippen LogP contribution in [0.15, 0.2) is 24.3 Å². The summed E-state index contributed by atoms with van der Waals surface area (Å²) in [6.45, 7) is 4.15. The highest BCUT2D eigenvalue weighted by Crippen LogP contribution is 2.16. The average Bonchev–Trinajstić information content (AvgIpc) is 3.10. The molecule has 0 heterocycles. The molecule has 0 bridgehead atoms. The molecular formula is C44H85NO4. The summed E-state index contributed by atoms with van der Waals surface area (Å²) < 4.78 is 0. The minimum Gasteiger partial charge on any atom is -0.394 e. The number of hydrogen-bond donors (Lipinski definition) is 4. The maximum absolute atomic E-state index is 12.4. The molecule has 0 aromatic carbocycles. The second-order valence-corrected chi connectivity index (χ2v) is 14.9. The van der Waals surface area contributed by atoms with Gasteiger partial charge in [0.25, 0.3) is 0 Å². The summed E-state index contributed by atoms with van der Waals surface area (Å²) in [4.78, 5) is 12.4. The molecule has 5 heteroatoms. The molecule has 0 aliphatic heterocycles. The van der Waals surface area contributed by atoms with E-state index in [0.29, 0.717) is 12.8 Å². The zero-order valence-electron chi connectivity index (χ0n) is 32.8. The zero-order chi connectivity index (χ0) is 35.9. The van der Waals surface area contributed by atoms with Gasteiger partial charge in [0.15, 0.2) is 0 Å². The third-order valence-electron chi connectivity index (χ3n) is 10.0. The molecule has 4 N–H and O–H groups in total. The quantitative estimate of drug-likeness (QED) is 0.0381. The Labute approximate surface area is 305 Å². The Morgan fingerprint density at radius 1 is 0.490 bits per heavy atom. The molecule has 290 valence electrons. The molecule has 0 aromatic rings. The number of nitrogens with one attached hydrogen (secondary N) is 1. The smallest absolute Gasteiger partial charge is 0.220 e. The van der Waals surface area contributed by atoms with Crippen molar-refractivity contribution in [2.75, 3.05) is 6.61 Å². The van der Waals surface area contributed by atoms with E-state index in [1.807, 2.05) is 0 Å². The number of amides is 1. The SMILES string of the molecule is CCCCCCC/C=C/CC/C=C/CCCC(O)C(O)C(CO)NC(=O)CCCCCCCCCCCCCCCCCCCCCCC. The van der Waals surface area contributed by atoms with Crippen LogP contribution in [-0.2, 0) is 4.79 Å². The van der Waals surface area contributed by atoms with Crippen molar-refractivity contribution in [2.24, 2.45) is 0 Å². The van der Waals surface area contributed by atoms with Crippen molar-refractivity contribution in [1.29, 1.82) is 0 Å². The van der Waals surface area contributed by atoms with Gasteiger partial charge >= 0.3 is 0 Å². The van der Waals surface area contributed by atoms with Crippen LogP contribution in [0.1, 0.15) is 226 Å². The minimum atomic E-state index is -1.16. The Balaban J connectivity index is 3.64. The van der Waals surface area contributed by atoms with Crippen molar-refractivity contribution in [3.05, 3.63) is 24.3 Å². The van der Waals surface area contributed by atoms with Gasteiger partial charge in [-0.15, -0.1) is 0 Å². The second-order valence-electron chi connectivity index (χ2n) is 14.9. The van der Waals surface area contributed by atoms with E-state index >= 15 is 0 Å². The van der Waals surface area contributed by atoms with E-state index in [9.17, 15) is 20.1 Å². The molecule has 0 saturated heterocycles. The number of hydrogen-bond acceptors (Lipinski definition) is 4. The van der Waals surface area contributed by atoms with Crippen LogP contribution >= 0.6 is 0 Å². The Morgan fingerprint density at radius 3 is 1.24 bits per heavy atom. The number of rotatable bonds is 39. The molecule has 0 aliphatic rings. The summed E-state index contributed by atoms with van der Waals surface area (Å²) in [6, 6.07) is -0.827. The van der Waals surface area contributed by atoms with Gasteiger partial charge in [-0.2, -0.15) is 0 Å². The van der Waals surface area contributed by atoms with Gasteiger partial charge in [-0.3, -0.25) is 4.79 Å². The third kappa shape index (κ3) is 35.0. The van der Waals surface area contributed by atoms with Gasteiger partial charge in [-0.25, -0.2) is 0 Å². The highest BCUT2D eigenvalue weighted by molar-refractivity contribution is 5.76. The molecule has 0 saturated carbocycles. The van der Waals surface area contributed by atoms with E-state index in [1.165, 1.54) is 154 Å². The normalized spacial score (nSPS) is 13.8. The highest BCUT2D eigenvalue weighted by atomic mass is 16.3. The molecule has 3 atom stereocenters. The van der Waals surface area contributed by atoms with Gasteiger partial charge < -0.3 is 20.6 Å². The number of aliphatic hydroxyl groups excluding tert-OH is 3. The number of carbonyl (C=O) groups excluding carboxylic acids is 1. The van der Waals surface area contributed by atoms with Crippen LogP contribution in [0.25, 0.3) is 0 Å². The Hall–Kier alpha value is -1.17. The van der Waals surface area contributed by atoms with Gasteiger partial charge in [0.1, 0.15) is 6.10 Å². The van der Waals surface area contributed by atoms with Crippen LogP contribution in [0.2, 0.25) is 0 Å². The van der Waals surface area contributed by atoms with Crippen molar-refractivity contribution < 1.29 is 20.1 Å². The first-order valence-electron chi connectivity index (χ1n) is 21.6. The molecule has 0 aromatic heterocycles. The fraction of sp³-hybridized carbons (Fsp3) is 0.886. The predicted molar refractivity (Wildman–Crippen MR) is 213 cm³/mol. The summed E-state index contributed by atoms with van der Waals surface area (Å²) in [5.41, 5.74) is 0. The predicted octanol–water partition coefficient (Wildman–Crippen LogP) is 12.2. The maximum Gasteiger partial charge on any atom is 0.220 e. The van der Waals surface area contributed by atoms with E-state index in [4.69, 9.17) is 0 Å². The molecule has 0 spiro atoms. The van der Waals surface area contributed by atoms with Crippen molar-refractivity contribution in [2.45, 2.75) is 244 Å². The van der Waals surface area contributed by atoms with Crippen LogP contribution < -0.4 is 5.32 Å². The van der Waals surface area contributed by atoms with E-state index in [2.05, 4.69) is 43.5 Å². The lowest BCUT2D eigenvalue weighted by molar-refractivity contribution is -0.124.